The highest BCUT2D eigenvalue weighted by Gasteiger charge is 2.26. The Morgan fingerprint density at radius 1 is 0.903 bits per heavy atom. The van der Waals surface area contributed by atoms with Gasteiger partial charge in [0.05, 0.1) is 0 Å². The Balaban J connectivity index is 1.44. The lowest BCUT2D eigenvalue weighted by atomic mass is 9.86. The highest BCUT2D eigenvalue weighted by atomic mass is 16.3. The molecule has 1 aliphatic rings. The second-order valence-electron chi connectivity index (χ2n) is 8.37. The van der Waals surface area contributed by atoms with Crippen molar-refractivity contribution in [2.45, 2.75) is 25.8 Å². The molecule has 0 aromatic heterocycles. The van der Waals surface area contributed by atoms with Gasteiger partial charge in [-0.2, -0.15) is 0 Å². The van der Waals surface area contributed by atoms with E-state index in [0.29, 0.717) is 6.42 Å². The number of hydrogen-bond donors (Lipinski definition) is 1. The van der Waals surface area contributed by atoms with Crippen molar-refractivity contribution < 1.29 is 9.90 Å². The van der Waals surface area contributed by atoms with Crippen LogP contribution >= 0.6 is 0 Å². The van der Waals surface area contributed by atoms with Gasteiger partial charge >= 0.3 is 0 Å². The van der Waals surface area contributed by atoms with Gasteiger partial charge in [0.2, 0.25) is 5.91 Å². The Hall–Kier alpha value is -3.11. The Kier molecular flexibility index (Phi) is 6.68. The van der Waals surface area contributed by atoms with Gasteiger partial charge in [0, 0.05) is 50.6 Å². The van der Waals surface area contributed by atoms with Crippen LogP contribution in [-0.4, -0.2) is 47.0 Å². The quantitative estimate of drug-likeness (QED) is 0.643. The number of aromatic hydroxyl groups is 1. The van der Waals surface area contributed by atoms with Crippen molar-refractivity contribution in [2.24, 2.45) is 0 Å². The fraction of sp³-hybridized carbons (Fsp3) is 0.296. The van der Waals surface area contributed by atoms with Gasteiger partial charge in [-0.05, 0) is 24.1 Å². The second-order valence-corrected chi connectivity index (χ2v) is 8.37. The van der Waals surface area contributed by atoms with Crippen LogP contribution in [0.2, 0.25) is 0 Å². The van der Waals surface area contributed by atoms with E-state index in [-0.39, 0.29) is 17.6 Å². The molecule has 0 unspecified atom stereocenters. The van der Waals surface area contributed by atoms with Crippen LogP contribution in [0.4, 0.5) is 0 Å². The molecule has 4 nitrogen and oxygen atoms in total. The zero-order valence-corrected chi connectivity index (χ0v) is 18.1. The largest absolute Gasteiger partial charge is 0.508 e. The molecule has 1 fully saturated rings. The van der Waals surface area contributed by atoms with E-state index in [0.717, 1.165) is 49.4 Å². The molecule has 4 rings (SSSR count). The van der Waals surface area contributed by atoms with Crippen molar-refractivity contribution in [2.75, 3.05) is 26.2 Å². The molecule has 3 aromatic rings. The summed E-state index contributed by atoms with van der Waals surface area (Å²) in [6, 6.07) is 26.1. The third-order valence-corrected chi connectivity index (χ3v) is 6.11. The predicted octanol–water partition coefficient (Wildman–Crippen LogP) is 4.57. The van der Waals surface area contributed by atoms with E-state index in [1.807, 2.05) is 60.4 Å². The molecule has 1 N–H and O–H groups in total. The normalized spacial score (nSPS) is 15.6. The van der Waals surface area contributed by atoms with E-state index in [1.165, 1.54) is 5.56 Å². The van der Waals surface area contributed by atoms with Gasteiger partial charge < -0.3 is 10.0 Å². The number of phenolic OH excluding ortho intramolecular Hbond substituents is 1. The van der Waals surface area contributed by atoms with Gasteiger partial charge in [-0.1, -0.05) is 78.4 Å². The summed E-state index contributed by atoms with van der Waals surface area (Å²) in [6.45, 7) is 6.18. The maximum absolute atomic E-state index is 13.2. The molecule has 0 saturated carbocycles. The number of rotatable bonds is 6. The van der Waals surface area contributed by atoms with Crippen molar-refractivity contribution >= 4 is 5.91 Å². The molecule has 31 heavy (non-hydrogen) atoms. The van der Waals surface area contributed by atoms with Crippen molar-refractivity contribution in [1.82, 2.24) is 9.80 Å². The number of nitrogens with zero attached hydrogens (tertiary/aromatic N) is 2. The summed E-state index contributed by atoms with van der Waals surface area (Å²) in [5.41, 5.74) is 4.26. The first-order valence-electron chi connectivity index (χ1n) is 11.0. The third kappa shape index (κ3) is 5.33. The summed E-state index contributed by atoms with van der Waals surface area (Å²) in [6.07, 6.45) is 0.361. The lowest BCUT2D eigenvalue weighted by Crippen LogP contribution is -2.48. The molecule has 1 aliphatic heterocycles. The number of carbonyl (C=O) groups is 1. The summed E-state index contributed by atoms with van der Waals surface area (Å²) in [5.74, 6) is 0.241. The van der Waals surface area contributed by atoms with Gasteiger partial charge in [0.1, 0.15) is 5.75 Å². The van der Waals surface area contributed by atoms with Crippen LogP contribution in [0, 0.1) is 6.92 Å². The van der Waals surface area contributed by atoms with Gasteiger partial charge in [-0.15, -0.1) is 0 Å². The number of benzene rings is 3. The summed E-state index contributed by atoms with van der Waals surface area (Å²) >= 11 is 0. The number of carbonyl (C=O) groups excluding carboxylic acids is 1. The number of piperazine rings is 1. The Bertz CT molecular complexity index is 996. The highest BCUT2D eigenvalue weighted by molar-refractivity contribution is 5.78. The summed E-state index contributed by atoms with van der Waals surface area (Å²) < 4.78 is 0. The topological polar surface area (TPSA) is 43.8 Å². The van der Waals surface area contributed by atoms with E-state index in [1.54, 1.807) is 6.07 Å². The van der Waals surface area contributed by atoms with E-state index >= 15 is 0 Å². The van der Waals surface area contributed by atoms with Gasteiger partial charge in [0.25, 0.3) is 0 Å². The van der Waals surface area contributed by atoms with Crippen molar-refractivity contribution in [1.29, 1.82) is 0 Å². The standard InChI is InChI=1S/C27H30N2O2/c1-21-12-13-26(30)25(18-21)24(23-10-6-3-7-11-23)19-27(31)29-16-14-28(15-17-29)20-22-8-4-2-5-9-22/h2-13,18,24,30H,14-17,19-20H2,1H3/t24-/m0/s1. The molecule has 1 amide bonds. The van der Waals surface area contributed by atoms with Crippen molar-refractivity contribution in [3.8, 4) is 5.75 Å². The first-order valence-corrected chi connectivity index (χ1v) is 11.0. The minimum absolute atomic E-state index is 0.147. The van der Waals surface area contributed by atoms with Crippen molar-refractivity contribution in [3.63, 3.8) is 0 Å². The highest BCUT2D eigenvalue weighted by Crippen LogP contribution is 2.35. The smallest absolute Gasteiger partial charge is 0.223 e. The minimum Gasteiger partial charge on any atom is -0.508 e. The van der Waals surface area contributed by atoms with Crippen LogP contribution in [0.1, 0.15) is 34.6 Å². The molecule has 1 atom stereocenters. The summed E-state index contributed by atoms with van der Waals surface area (Å²) in [7, 11) is 0. The Morgan fingerprint density at radius 3 is 2.23 bits per heavy atom. The molecule has 3 aromatic carbocycles. The van der Waals surface area contributed by atoms with Crippen LogP contribution in [0.15, 0.2) is 78.9 Å². The number of aryl methyl sites for hydroxylation is 1. The van der Waals surface area contributed by atoms with Crippen LogP contribution in [0.3, 0.4) is 0 Å². The van der Waals surface area contributed by atoms with E-state index < -0.39 is 0 Å². The molecule has 0 radical (unpaired) electrons. The molecule has 0 spiro atoms. The predicted molar refractivity (Wildman–Crippen MR) is 124 cm³/mol. The SMILES string of the molecule is Cc1ccc(O)c([C@@H](CC(=O)N2CCN(Cc3ccccc3)CC2)c2ccccc2)c1. The van der Waals surface area contributed by atoms with Gasteiger partial charge in [-0.25, -0.2) is 0 Å². The van der Waals surface area contributed by atoms with E-state index in [9.17, 15) is 9.90 Å². The van der Waals surface area contributed by atoms with Crippen LogP contribution in [0.5, 0.6) is 5.75 Å². The summed E-state index contributed by atoms with van der Waals surface area (Å²) in [5, 5.41) is 10.5. The maximum Gasteiger partial charge on any atom is 0.223 e. The number of phenols is 1. The zero-order valence-electron chi connectivity index (χ0n) is 18.1. The Morgan fingerprint density at radius 2 is 1.55 bits per heavy atom. The average molecular weight is 415 g/mol. The van der Waals surface area contributed by atoms with Crippen LogP contribution < -0.4 is 0 Å². The molecular formula is C27H30N2O2. The second kappa shape index (κ2) is 9.80. The van der Waals surface area contributed by atoms with Crippen LogP contribution in [0.25, 0.3) is 0 Å². The molecule has 4 heteroatoms. The molecular weight excluding hydrogens is 384 g/mol. The van der Waals surface area contributed by atoms with Crippen molar-refractivity contribution in [3.05, 3.63) is 101 Å². The molecule has 0 bridgehead atoms. The first-order chi connectivity index (χ1) is 15.1. The summed E-state index contributed by atoms with van der Waals surface area (Å²) in [4.78, 5) is 17.6. The number of hydrogen-bond acceptors (Lipinski definition) is 3. The van der Waals surface area contributed by atoms with Crippen LogP contribution in [-0.2, 0) is 11.3 Å². The molecule has 1 saturated heterocycles. The molecule has 160 valence electrons. The van der Waals surface area contributed by atoms with E-state index in [2.05, 4.69) is 29.2 Å². The number of amides is 1. The minimum atomic E-state index is -0.157. The zero-order chi connectivity index (χ0) is 21.6. The van der Waals surface area contributed by atoms with Gasteiger partial charge in [0.15, 0.2) is 0 Å². The molecule has 0 aliphatic carbocycles. The first kappa shape index (κ1) is 21.1. The average Bonchev–Trinajstić information content (AvgIpc) is 2.81. The molecule has 1 heterocycles. The van der Waals surface area contributed by atoms with E-state index in [4.69, 9.17) is 0 Å². The fourth-order valence-corrected chi connectivity index (χ4v) is 4.35. The lowest BCUT2D eigenvalue weighted by Gasteiger charge is -2.35. The van der Waals surface area contributed by atoms with Gasteiger partial charge in [-0.3, -0.25) is 9.69 Å². The monoisotopic (exact) mass is 414 g/mol. The lowest BCUT2D eigenvalue weighted by molar-refractivity contribution is -0.133. The maximum atomic E-state index is 13.2. The Labute approximate surface area is 184 Å². The fourth-order valence-electron chi connectivity index (χ4n) is 4.35. The third-order valence-electron chi connectivity index (χ3n) is 6.11.